The second kappa shape index (κ2) is 5.64. The minimum absolute atomic E-state index is 0.348. The Hall–Kier alpha value is -1.18. The van der Waals surface area contributed by atoms with Crippen LogP contribution in [0.1, 0.15) is 21.5 Å². The summed E-state index contributed by atoms with van der Waals surface area (Å²) in [6, 6.07) is 3.60. The van der Waals surface area contributed by atoms with E-state index in [1.165, 1.54) is 7.11 Å². The molecule has 96 valence electrons. The fraction of sp³-hybridized carbons (Fsp3) is 0.357. The van der Waals surface area contributed by atoms with Gasteiger partial charge in [-0.3, -0.25) is 0 Å². The highest BCUT2D eigenvalue weighted by molar-refractivity contribution is 7.80. The third-order valence-corrected chi connectivity index (χ3v) is 3.50. The van der Waals surface area contributed by atoms with Crippen LogP contribution in [0.3, 0.4) is 0 Å². The van der Waals surface area contributed by atoms with Gasteiger partial charge < -0.3 is 4.74 Å². The summed E-state index contributed by atoms with van der Waals surface area (Å²) in [7, 11) is -0.0601. The van der Waals surface area contributed by atoms with Gasteiger partial charge in [-0.1, -0.05) is 25.6 Å². The first-order valence-corrected chi connectivity index (χ1v) is 9.64. The Morgan fingerprint density at radius 2 is 1.94 bits per heavy atom. The molecule has 0 aromatic heterocycles. The van der Waals surface area contributed by atoms with Crippen LogP contribution < -0.4 is 0 Å². The topological polar surface area (TPSA) is 26.3 Å². The molecule has 0 fully saturated rings. The van der Waals surface area contributed by atoms with Gasteiger partial charge in [0.1, 0.15) is 8.07 Å². The highest BCUT2D eigenvalue weighted by Gasteiger charge is 2.13. The van der Waals surface area contributed by atoms with Crippen molar-refractivity contribution in [1.29, 1.82) is 0 Å². The first-order valence-electron chi connectivity index (χ1n) is 5.69. The van der Waals surface area contributed by atoms with Gasteiger partial charge in [-0.15, -0.1) is 18.2 Å². The Kier molecular flexibility index (Phi) is 4.66. The van der Waals surface area contributed by atoms with Crippen LogP contribution in [0.5, 0.6) is 0 Å². The largest absolute Gasteiger partial charge is 0.465 e. The molecular weight excluding hydrogens is 260 g/mol. The molecule has 0 spiro atoms. The Morgan fingerprint density at radius 3 is 2.44 bits per heavy atom. The summed E-state index contributed by atoms with van der Waals surface area (Å²) < 4.78 is 4.76. The van der Waals surface area contributed by atoms with E-state index in [9.17, 15) is 4.79 Å². The number of hydrogen-bond acceptors (Lipinski definition) is 3. The van der Waals surface area contributed by atoms with E-state index in [1.807, 2.05) is 13.0 Å². The lowest BCUT2D eigenvalue weighted by molar-refractivity contribution is 0.0599. The molecule has 1 aromatic carbocycles. The molecule has 0 N–H and O–H groups in total. The molecule has 0 radical (unpaired) electrons. The first-order chi connectivity index (χ1) is 8.24. The zero-order chi connectivity index (χ0) is 13.9. The van der Waals surface area contributed by atoms with Crippen molar-refractivity contribution < 1.29 is 9.53 Å². The van der Waals surface area contributed by atoms with E-state index < -0.39 is 8.07 Å². The van der Waals surface area contributed by atoms with Crippen LogP contribution >= 0.6 is 12.6 Å². The molecule has 0 unspecified atom stereocenters. The van der Waals surface area contributed by atoms with Gasteiger partial charge in [0, 0.05) is 10.5 Å². The van der Waals surface area contributed by atoms with E-state index in [0.29, 0.717) is 5.56 Å². The summed E-state index contributed by atoms with van der Waals surface area (Å²) in [6.45, 7) is 8.43. The van der Waals surface area contributed by atoms with Gasteiger partial charge in [0.2, 0.25) is 0 Å². The smallest absolute Gasteiger partial charge is 0.338 e. The number of rotatable bonds is 1. The van der Waals surface area contributed by atoms with Gasteiger partial charge in [0.25, 0.3) is 0 Å². The van der Waals surface area contributed by atoms with E-state index in [0.717, 1.165) is 16.0 Å². The van der Waals surface area contributed by atoms with Crippen LogP contribution in [0.2, 0.25) is 19.6 Å². The molecule has 0 atom stereocenters. The molecule has 2 nitrogen and oxygen atoms in total. The molecule has 0 heterocycles. The van der Waals surface area contributed by atoms with Gasteiger partial charge in [-0.05, 0) is 24.6 Å². The minimum atomic E-state index is -1.44. The normalized spacial score (nSPS) is 10.6. The molecule has 0 amide bonds. The zero-order valence-corrected chi connectivity index (χ0v) is 13.3. The minimum Gasteiger partial charge on any atom is -0.465 e. The average molecular weight is 278 g/mol. The van der Waals surface area contributed by atoms with E-state index in [2.05, 4.69) is 43.7 Å². The maximum absolute atomic E-state index is 11.6. The standard InChI is InChI=1S/C14H18O2SSi/c1-10-11(6-7-18(3,4)5)8-12(17)9-13(10)14(15)16-2/h8-9,17H,1-5H3. The fourth-order valence-electron chi connectivity index (χ4n) is 1.41. The number of methoxy groups -OCH3 is 1. The summed E-state index contributed by atoms with van der Waals surface area (Å²) in [4.78, 5) is 12.4. The molecule has 1 rings (SSSR count). The molecule has 0 aliphatic heterocycles. The molecule has 0 aliphatic carbocycles. The second-order valence-corrected chi connectivity index (χ2v) is 10.4. The molecule has 4 heteroatoms. The van der Waals surface area contributed by atoms with Crippen molar-refractivity contribution in [2.75, 3.05) is 7.11 Å². The number of carbonyl (C=O) groups excluding carboxylic acids is 1. The third-order valence-electron chi connectivity index (χ3n) is 2.37. The van der Waals surface area contributed by atoms with Crippen molar-refractivity contribution in [3.63, 3.8) is 0 Å². The number of benzene rings is 1. The number of thiol groups is 1. The Labute approximate surface area is 115 Å². The monoisotopic (exact) mass is 278 g/mol. The van der Waals surface area contributed by atoms with Gasteiger partial charge in [0.05, 0.1) is 12.7 Å². The van der Waals surface area contributed by atoms with Crippen molar-refractivity contribution in [2.45, 2.75) is 31.5 Å². The van der Waals surface area contributed by atoms with Gasteiger partial charge >= 0.3 is 5.97 Å². The van der Waals surface area contributed by atoms with Crippen LogP contribution in [0, 0.1) is 18.4 Å². The Balaban J connectivity index is 3.33. The van der Waals surface area contributed by atoms with Gasteiger partial charge in [0.15, 0.2) is 0 Å². The summed E-state index contributed by atoms with van der Waals surface area (Å²) in [5.74, 6) is 2.82. The zero-order valence-electron chi connectivity index (χ0n) is 11.4. The van der Waals surface area contributed by atoms with Crippen LogP contribution in [-0.2, 0) is 4.74 Å². The summed E-state index contributed by atoms with van der Waals surface area (Å²) in [5.41, 5.74) is 5.53. The van der Waals surface area contributed by atoms with E-state index >= 15 is 0 Å². The van der Waals surface area contributed by atoms with Crippen molar-refractivity contribution in [3.05, 3.63) is 28.8 Å². The first kappa shape index (κ1) is 14.9. The molecule has 18 heavy (non-hydrogen) atoms. The van der Waals surface area contributed by atoms with Crippen molar-refractivity contribution >= 4 is 26.7 Å². The lowest BCUT2D eigenvalue weighted by atomic mass is 10.0. The summed E-state index contributed by atoms with van der Waals surface area (Å²) in [5, 5.41) is 0. The second-order valence-electron chi connectivity index (χ2n) is 5.16. The molecular formula is C14H18O2SSi. The number of carbonyl (C=O) groups is 1. The van der Waals surface area contributed by atoms with E-state index in [1.54, 1.807) is 6.07 Å². The maximum atomic E-state index is 11.6. The lowest BCUT2D eigenvalue weighted by Crippen LogP contribution is -2.16. The SMILES string of the molecule is COC(=O)c1cc(S)cc(C#C[Si](C)(C)C)c1C. The quantitative estimate of drug-likeness (QED) is 0.369. The lowest BCUT2D eigenvalue weighted by Gasteiger charge is -2.08. The molecule has 0 saturated heterocycles. The highest BCUT2D eigenvalue weighted by Crippen LogP contribution is 2.20. The Morgan fingerprint density at radius 1 is 1.33 bits per heavy atom. The predicted molar refractivity (Wildman–Crippen MR) is 80.0 cm³/mol. The van der Waals surface area contributed by atoms with Crippen molar-refractivity contribution in [2.24, 2.45) is 0 Å². The van der Waals surface area contributed by atoms with Crippen LogP contribution in [-0.4, -0.2) is 21.2 Å². The number of ether oxygens (including phenoxy) is 1. The van der Waals surface area contributed by atoms with Crippen molar-refractivity contribution in [1.82, 2.24) is 0 Å². The highest BCUT2D eigenvalue weighted by atomic mass is 32.1. The third kappa shape index (κ3) is 3.93. The van der Waals surface area contributed by atoms with Gasteiger partial charge in [-0.25, -0.2) is 4.79 Å². The van der Waals surface area contributed by atoms with Crippen molar-refractivity contribution in [3.8, 4) is 11.5 Å². The number of esters is 1. The molecule has 1 aromatic rings. The predicted octanol–water partition coefficient (Wildman–Crippen LogP) is 3.30. The van der Waals surface area contributed by atoms with E-state index in [4.69, 9.17) is 4.74 Å². The molecule has 0 saturated carbocycles. The Bertz CT molecular complexity index is 533. The van der Waals surface area contributed by atoms with Crippen LogP contribution in [0.4, 0.5) is 0 Å². The summed E-state index contributed by atoms with van der Waals surface area (Å²) in [6.07, 6.45) is 0. The van der Waals surface area contributed by atoms with Gasteiger partial charge in [-0.2, -0.15) is 0 Å². The fourth-order valence-corrected chi connectivity index (χ4v) is 2.17. The molecule has 0 aliphatic rings. The van der Waals surface area contributed by atoms with E-state index in [-0.39, 0.29) is 5.97 Å². The average Bonchev–Trinajstić information content (AvgIpc) is 2.27. The maximum Gasteiger partial charge on any atom is 0.338 e. The van der Waals surface area contributed by atoms with Crippen LogP contribution in [0.25, 0.3) is 0 Å². The summed E-state index contributed by atoms with van der Waals surface area (Å²) >= 11 is 4.31. The number of hydrogen-bond donors (Lipinski definition) is 1. The van der Waals surface area contributed by atoms with Crippen LogP contribution in [0.15, 0.2) is 17.0 Å². The molecule has 0 bridgehead atoms.